The molecule has 3 rings (SSSR count). The fraction of sp³-hybridized carbons (Fsp3) is 0.450. The van der Waals surface area contributed by atoms with Gasteiger partial charge in [0.25, 0.3) is 0 Å². The van der Waals surface area contributed by atoms with Gasteiger partial charge in [0, 0.05) is 36.2 Å². The van der Waals surface area contributed by atoms with Crippen LogP contribution >= 0.6 is 11.8 Å². The number of anilines is 2. The second-order valence-electron chi connectivity index (χ2n) is 6.94. The highest BCUT2D eigenvalue weighted by Gasteiger charge is 2.16. The molecular weight excluding hydrogens is 374 g/mol. The van der Waals surface area contributed by atoms with Gasteiger partial charge in [-0.3, -0.25) is 4.79 Å². The predicted molar refractivity (Wildman–Crippen MR) is 115 cm³/mol. The SMILES string of the molecule is CSCc1cc(N2CCOCC2)nc(-c2ccc(NC(=O)CN(C)C)cc2)n1. The van der Waals surface area contributed by atoms with Gasteiger partial charge in [0.15, 0.2) is 5.82 Å². The van der Waals surface area contributed by atoms with E-state index < -0.39 is 0 Å². The van der Waals surface area contributed by atoms with Gasteiger partial charge in [-0.05, 0) is 44.6 Å². The number of morpholine rings is 1. The van der Waals surface area contributed by atoms with Gasteiger partial charge >= 0.3 is 0 Å². The summed E-state index contributed by atoms with van der Waals surface area (Å²) < 4.78 is 5.46. The zero-order valence-corrected chi connectivity index (χ0v) is 17.5. The molecule has 2 aromatic rings. The molecule has 1 aliphatic rings. The lowest BCUT2D eigenvalue weighted by Gasteiger charge is -2.28. The van der Waals surface area contributed by atoms with Crippen molar-refractivity contribution in [1.82, 2.24) is 14.9 Å². The van der Waals surface area contributed by atoms with E-state index in [0.29, 0.717) is 12.4 Å². The number of thioether (sulfide) groups is 1. The number of nitrogens with zero attached hydrogens (tertiary/aromatic N) is 4. The van der Waals surface area contributed by atoms with Gasteiger partial charge in [-0.2, -0.15) is 11.8 Å². The number of nitrogens with one attached hydrogen (secondary N) is 1. The number of ether oxygens (including phenoxy) is 1. The Hall–Kier alpha value is -2.16. The number of rotatable bonds is 7. The van der Waals surface area contributed by atoms with Crippen molar-refractivity contribution in [3.8, 4) is 11.4 Å². The Balaban J connectivity index is 1.81. The average molecular weight is 402 g/mol. The first kappa shape index (κ1) is 20.6. The molecule has 0 spiro atoms. The van der Waals surface area contributed by atoms with E-state index in [1.54, 1.807) is 11.8 Å². The first-order chi connectivity index (χ1) is 13.5. The maximum atomic E-state index is 11.9. The molecular formula is C20H27N5O2S. The number of aromatic nitrogens is 2. The van der Waals surface area contributed by atoms with Gasteiger partial charge < -0.3 is 19.9 Å². The second-order valence-corrected chi connectivity index (χ2v) is 7.80. The average Bonchev–Trinajstić information content (AvgIpc) is 2.68. The van der Waals surface area contributed by atoms with Crippen molar-refractivity contribution >= 4 is 29.2 Å². The quantitative estimate of drug-likeness (QED) is 0.764. The van der Waals surface area contributed by atoms with Crippen LogP contribution in [0.2, 0.25) is 0 Å². The summed E-state index contributed by atoms with van der Waals surface area (Å²) in [5, 5.41) is 2.90. The summed E-state index contributed by atoms with van der Waals surface area (Å²) in [5.74, 6) is 2.46. The fourth-order valence-electron chi connectivity index (χ4n) is 2.98. The van der Waals surface area contributed by atoms with Crippen molar-refractivity contribution in [2.24, 2.45) is 0 Å². The normalized spacial score (nSPS) is 14.4. The smallest absolute Gasteiger partial charge is 0.238 e. The summed E-state index contributed by atoms with van der Waals surface area (Å²) in [6.45, 7) is 3.47. The van der Waals surface area contributed by atoms with Crippen LogP contribution in [-0.4, -0.2) is 74.0 Å². The van der Waals surface area contributed by atoms with Crippen molar-refractivity contribution in [2.75, 3.05) is 63.4 Å². The predicted octanol–water partition coefficient (Wildman–Crippen LogP) is 2.34. The van der Waals surface area contributed by atoms with Crippen LogP contribution in [0, 0.1) is 0 Å². The maximum absolute atomic E-state index is 11.9. The molecule has 1 fully saturated rings. The largest absolute Gasteiger partial charge is 0.378 e. The van der Waals surface area contributed by atoms with Gasteiger partial charge in [-0.15, -0.1) is 0 Å². The Labute approximate surface area is 170 Å². The first-order valence-electron chi connectivity index (χ1n) is 9.30. The van der Waals surface area contributed by atoms with Crippen LogP contribution in [0.1, 0.15) is 5.69 Å². The van der Waals surface area contributed by atoms with Crippen molar-refractivity contribution in [2.45, 2.75) is 5.75 Å². The second kappa shape index (κ2) is 9.86. The highest BCUT2D eigenvalue weighted by atomic mass is 32.2. The van der Waals surface area contributed by atoms with Crippen LogP contribution in [-0.2, 0) is 15.3 Å². The van der Waals surface area contributed by atoms with E-state index in [2.05, 4.69) is 22.5 Å². The molecule has 1 N–H and O–H groups in total. The summed E-state index contributed by atoms with van der Waals surface area (Å²) in [5.41, 5.74) is 2.72. The number of carbonyl (C=O) groups excluding carboxylic acids is 1. The molecule has 150 valence electrons. The summed E-state index contributed by atoms with van der Waals surface area (Å²) in [6.07, 6.45) is 2.07. The molecule has 0 radical (unpaired) electrons. The summed E-state index contributed by atoms with van der Waals surface area (Å²) in [6, 6.07) is 9.75. The Bertz CT molecular complexity index is 792. The molecule has 28 heavy (non-hydrogen) atoms. The van der Waals surface area contributed by atoms with Crippen molar-refractivity contribution in [1.29, 1.82) is 0 Å². The third-order valence-electron chi connectivity index (χ3n) is 4.28. The molecule has 1 aromatic heterocycles. The Kier molecular flexibility index (Phi) is 7.24. The molecule has 0 unspecified atom stereocenters. The van der Waals surface area contributed by atoms with Gasteiger partial charge in [0.2, 0.25) is 5.91 Å². The third kappa shape index (κ3) is 5.67. The third-order valence-corrected chi connectivity index (χ3v) is 4.86. The molecule has 0 aliphatic carbocycles. The van der Waals surface area contributed by atoms with Crippen LogP contribution < -0.4 is 10.2 Å². The minimum Gasteiger partial charge on any atom is -0.378 e. The topological polar surface area (TPSA) is 70.6 Å². The Morgan fingerprint density at radius 2 is 1.93 bits per heavy atom. The summed E-state index contributed by atoms with van der Waals surface area (Å²) in [4.78, 5) is 25.5. The van der Waals surface area contributed by atoms with Crippen LogP contribution in [0.3, 0.4) is 0 Å². The van der Waals surface area contributed by atoms with E-state index in [0.717, 1.165) is 54.8 Å². The highest BCUT2D eigenvalue weighted by molar-refractivity contribution is 7.97. The number of benzene rings is 1. The van der Waals surface area contributed by atoms with Crippen molar-refractivity contribution in [3.05, 3.63) is 36.0 Å². The van der Waals surface area contributed by atoms with E-state index in [-0.39, 0.29) is 5.91 Å². The molecule has 2 heterocycles. The van der Waals surface area contributed by atoms with E-state index in [1.165, 1.54) is 0 Å². The minimum atomic E-state index is -0.0365. The molecule has 0 saturated carbocycles. The Morgan fingerprint density at radius 1 is 1.21 bits per heavy atom. The lowest BCUT2D eigenvalue weighted by Crippen LogP contribution is -2.37. The molecule has 1 amide bonds. The van der Waals surface area contributed by atoms with E-state index in [1.807, 2.05) is 43.3 Å². The number of hydrogen-bond acceptors (Lipinski definition) is 7. The lowest BCUT2D eigenvalue weighted by atomic mass is 10.2. The van der Waals surface area contributed by atoms with Gasteiger partial charge in [0.05, 0.1) is 25.5 Å². The lowest BCUT2D eigenvalue weighted by molar-refractivity contribution is -0.116. The number of amides is 1. The maximum Gasteiger partial charge on any atom is 0.238 e. The first-order valence-corrected chi connectivity index (χ1v) is 10.7. The van der Waals surface area contributed by atoms with Gasteiger partial charge in [-0.25, -0.2) is 9.97 Å². The minimum absolute atomic E-state index is 0.0365. The van der Waals surface area contributed by atoms with Gasteiger partial charge in [-0.1, -0.05) is 0 Å². The number of hydrogen-bond donors (Lipinski definition) is 1. The molecule has 1 saturated heterocycles. The number of carbonyl (C=O) groups is 1. The van der Waals surface area contributed by atoms with Crippen LogP contribution in [0.25, 0.3) is 11.4 Å². The molecule has 1 aliphatic heterocycles. The fourth-order valence-corrected chi connectivity index (χ4v) is 3.42. The van der Waals surface area contributed by atoms with E-state index >= 15 is 0 Å². The zero-order valence-electron chi connectivity index (χ0n) is 16.6. The number of likely N-dealkylation sites (N-methyl/N-ethyl adjacent to an activating group) is 1. The Morgan fingerprint density at radius 3 is 2.57 bits per heavy atom. The van der Waals surface area contributed by atoms with Crippen molar-refractivity contribution < 1.29 is 9.53 Å². The molecule has 7 nitrogen and oxygen atoms in total. The van der Waals surface area contributed by atoms with Crippen LogP contribution in [0.5, 0.6) is 0 Å². The van der Waals surface area contributed by atoms with Gasteiger partial charge in [0.1, 0.15) is 5.82 Å². The van der Waals surface area contributed by atoms with E-state index in [9.17, 15) is 4.79 Å². The molecule has 8 heteroatoms. The summed E-state index contributed by atoms with van der Waals surface area (Å²) >= 11 is 1.74. The zero-order chi connectivity index (χ0) is 19.9. The van der Waals surface area contributed by atoms with E-state index in [4.69, 9.17) is 14.7 Å². The van der Waals surface area contributed by atoms with Crippen LogP contribution in [0.4, 0.5) is 11.5 Å². The summed E-state index contributed by atoms with van der Waals surface area (Å²) in [7, 11) is 3.74. The molecule has 0 atom stereocenters. The van der Waals surface area contributed by atoms with Crippen molar-refractivity contribution in [3.63, 3.8) is 0 Å². The monoisotopic (exact) mass is 401 g/mol. The highest BCUT2D eigenvalue weighted by Crippen LogP contribution is 2.24. The standard InChI is InChI=1S/C20H27N5O2S/c1-24(2)13-19(26)21-16-6-4-15(5-7-16)20-22-17(14-28-3)12-18(23-20)25-8-10-27-11-9-25/h4-7,12H,8-11,13-14H2,1-3H3,(H,21,26). The van der Waals surface area contributed by atoms with Crippen LogP contribution in [0.15, 0.2) is 30.3 Å². The molecule has 0 bridgehead atoms. The molecule has 1 aromatic carbocycles.